The number of rotatable bonds is 2. The normalized spacial score (nSPS) is 11.3. The molecule has 0 spiro atoms. The van der Waals surface area contributed by atoms with Crippen LogP contribution >= 0.6 is 15.9 Å². The smallest absolute Gasteiger partial charge is 0.0552 e. The SMILES string of the molecule is Brc1cccc2c1c1ccc(-c3ccccc3)cc1n2-c1ccccc1. The minimum absolute atomic E-state index is 1.13. The Kier molecular flexibility index (Phi) is 3.65. The van der Waals surface area contributed by atoms with Gasteiger partial charge in [0.1, 0.15) is 0 Å². The molecule has 0 amide bonds. The Morgan fingerprint density at radius 3 is 2.08 bits per heavy atom. The molecule has 1 nitrogen and oxygen atoms in total. The summed E-state index contributed by atoms with van der Waals surface area (Å²) in [6, 6.07) is 34.3. The summed E-state index contributed by atoms with van der Waals surface area (Å²) in [4.78, 5) is 0. The molecule has 124 valence electrons. The maximum atomic E-state index is 3.75. The van der Waals surface area contributed by atoms with E-state index < -0.39 is 0 Å². The number of nitrogens with zero attached hydrogens (tertiary/aromatic N) is 1. The number of fused-ring (bicyclic) bond motifs is 3. The first-order valence-corrected chi connectivity index (χ1v) is 9.46. The van der Waals surface area contributed by atoms with Crippen LogP contribution in [0.1, 0.15) is 0 Å². The van der Waals surface area contributed by atoms with Gasteiger partial charge in [0.25, 0.3) is 0 Å². The Morgan fingerprint density at radius 1 is 0.577 bits per heavy atom. The second kappa shape index (κ2) is 6.15. The largest absolute Gasteiger partial charge is 0.309 e. The highest BCUT2D eigenvalue weighted by atomic mass is 79.9. The highest BCUT2D eigenvalue weighted by Gasteiger charge is 2.14. The average Bonchev–Trinajstić information content (AvgIpc) is 3.04. The van der Waals surface area contributed by atoms with Crippen molar-refractivity contribution in [3.63, 3.8) is 0 Å². The minimum Gasteiger partial charge on any atom is -0.309 e. The number of aromatic nitrogens is 1. The van der Waals surface area contributed by atoms with E-state index in [0.29, 0.717) is 0 Å². The molecule has 5 aromatic rings. The lowest BCUT2D eigenvalue weighted by atomic mass is 10.0. The zero-order chi connectivity index (χ0) is 17.5. The summed E-state index contributed by atoms with van der Waals surface area (Å²) in [6.07, 6.45) is 0. The van der Waals surface area contributed by atoms with E-state index in [1.165, 1.54) is 38.6 Å². The lowest BCUT2D eigenvalue weighted by molar-refractivity contribution is 1.18. The van der Waals surface area contributed by atoms with Crippen LogP contribution < -0.4 is 0 Å². The molecule has 0 N–H and O–H groups in total. The highest BCUT2D eigenvalue weighted by molar-refractivity contribution is 9.10. The molecule has 2 heteroatoms. The van der Waals surface area contributed by atoms with Gasteiger partial charge in [-0.05, 0) is 41.5 Å². The van der Waals surface area contributed by atoms with Crippen LogP contribution in [0.4, 0.5) is 0 Å². The van der Waals surface area contributed by atoms with Crippen LogP contribution in [0.2, 0.25) is 0 Å². The van der Waals surface area contributed by atoms with E-state index in [2.05, 4.69) is 118 Å². The van der Waals surface area contributed by atoms with Gasteiger partial charge in [0, 0.05) is 20.9 Å². The summed E-state index contributed by atoms with van der Waals surface area (Å²) in [7, 11) is 0. The minimum atomic E-state index is 1.13. The Hall–Kier alpha value is -2.84. The van der Waals surface area contributed by atoms with Crippen LogP contribution in [0, 0.1) is 0 Å². The van der Waals surface area contributed by atoms with Crippen LogP contribution in [0.25, 0.3) is 38.6 Å². The molecule has 1 aromatic heterocycles. The van der Waals surface area contributed by atoms with Crippen molar-refractivity contribution in [3.05, 3.63) is 102 Å². The number of halogens is 1. The monoisotopic (exact) mass is 397 g/mol. The zero-order valence-electron chi connectivity index (χ0n) is 14.1. The van der Waals surface area contributed by atoms with Crippen molar-refractivity contribution in [1.82, 2.24) is 4.57 Å². The topological polar surface area (TPSA) is 4.93 Å². The molecule has 0 aliphatic carbocycles. The van der Waals surface area contributed by atoms with E-state index >= 15 is 0 Å². The maximum absolute atomic E-state index is 3.75. The Morgan fingerprint density at radius 2 is 1.31 bits per heavy atom. The molecule has 0 aliphatic heterocycles. The Balaban J connectivity index is 1.91. The van der Waals surface area contributed by atoms with Gasteiger partial charge in [-0.2, -0.15) is 0 Å². The third kappa shape index (κ3) is 2.38. The van der Waals surface area contributed by atoms with Gasteiger partial charge in [-0.1, -0.05) is 82.7 Å². The Bertz CT molecular complexity index is 1220. The van der Waals surface area contributed by atoms with Crippen molar-refractivity contribution in [2.24, 2.45) is 0 Å². The molecule has 0 aliphatic rings. The fourth-order valence-corrected chi connectivity index (χ4v) is 4.26. The third-order valence-corrected chi connectivity index (χ3v) is 5.52. The van der Waals surface area contributed by atoms with Crippen molar-refractivity contribution in [3.8, 4) is 16.8 Å². The first-order valence-electron chi connectivity index (χ1n) is 8.66. The standard InChI is InChI=1S/C24H16BrN/c25-21-12-7-13-22-24(21)20-15-14-18(17-8-3-1-4-9-17)16-23(20)26(22)19-10-5-2-6-11-19/h1-16H. The second-order valence-corrected chi connectivity index (χ2v) is 7.26. The predicted octanol–water partition coefficient (Wildman–Crippen LogP) is 7.21. The van der Waals surface area contributed by atoms with E-state index in [0.717, 1.165) is 4.47 Å². The van der Waals surface area contributed by atoms with Crippen molar-refractivity contribution in [2.75, 3.05) is 0 Å². The highest BCUT2D eigenvalue weighted by Crippen LogP contribution is 2.38. The number of para-hydroxylation sites is 1. The van der Waals surface area contributed by atoms with E-state index in [9.17, 15) is 0 Å². The van der Waals surface area contributed by atoms with Gasteiger partial charge in [-0.25, -0.2) is 0 Å². The molecule has 0 saturated carbocycles. The molecular formula is C24H16BrN. The molecule has 4 aromatic carbocycles. The van der Waals surface area contributed by atoms with Gasteiger partial charge < -0.3 is 4.57 Å². The lowest BCUT2D eigenvalue weighted by Crippen LogP contribution is -1.93. The van der Waals surface area contributed by atoms with Gasteiger partial charge >= 0.3 is 0 Å². The summed E-state index contributed by atoms with van der Waals surface area (Å²) in [6.45, 7) is 0. The van der Waals surface area contributed by atoms with Gasteiger partial charge in [-0.3, -0.25) is 0 Å². The van der Waals surface area contributed by atoms with Crippen LogP contribution in [0.3, 0.4) is 0 Å². The van der Waals surface area contributed by atoms with Crippen LogP contribution in [-0.2, 0) is 0 Å². The molecule has 5 rings (SSSR count). The zero-order valence-corrected chi connectivity index (χ0v) is 15.6. The average molecular weight is 398 g/mol. The van der Waals surface area contributed by atoms with Gasteiger partial charge in [0.15, 0.2) is 0 Å². The fraction of sp³-hybridized carbons (Fsp3) is 0. The molecule has 0 radical (unpaired) electrons. The fourth-order valence-electron chi connectivity index (χ4n) is 3.69. The van der Waals surface area contributed by atoms with E-state index in [4.69, 9.17) is 0 Å². The number of hydrogen-bond acceptors (Lipinski definition) is 0. The lowest BCUT2D eigenvalue weighted by Gasteiger charge is -2.08. The summed E-state index contributed by atoms with van der Waals surface area (Å²) in [5.41, 5.74) is 6.08. The van der Waals surface area contributed by atoms with E-state index in [-0.39, 0.29) is 0 Å². The molecule has 0 atom stereocenters. The van der Waals surface area contributed by atoms with Gasteiger partial charge in [-0.15, -0.1) is 0 Å². The van der Waals surface area contributed by atoms with Crippen molar-refractivity contribution < 1.29 is 0 Å². The number of hydrogen-bond donors (Lipinski definition) is 0. The summed E-state index contributed by atoms with van der Waals surface area (Å²) < 4.78 is 3.48. The van der Waals surface area contributed by atoms with Crippen LogP contribution in [0.5, 0.6) is 0 Å². The molecule has 0 fully saturated rings. The summed E-state index contributed by atoms with van der Waals surface area (Å²) in [5, 5.41) is 2.52. The molecule has 26 heavy (non-hydrogen) atoms. The van der Waals surface area contributed by atoms with Crippen molar-refractivity contribution in [1.29, 1.82) is 0 Å². The van der Waals surface area contributed by atoms with Crippen LogP contribution in [0.15, 0.2) is 102 Å². The second-order valence-electron chi connectivity index (χ2n) is 6.40. The van der Waals surface area contributed by atoms with Gasteiger partial charge in [0.05, 0.1) is 11.0 Å². The summed E-state index contributed by atoms with van der Waals surface area (Å²) >= 11 is 3.75. The molecule has 1 heterocycles. The first-order chi connectivity index (χ1) is 12.8. The first kappa shape index (κ1) is 15.4. The van der Waals surface area contributed by atoms with E-state index in [1.54, 1.807) is 0 Å². The predicted molar refractivity (Wildman–Crippen MR) is 114 cm³/mol. The van der Waals surface area contributed by atoms with Crippen molar-refractivity contribution >= 4 is 37.7 Å². The number of benzene rings is 4. The third-order valence-electron chi connectivity index (χ3n) is 4.86. The molecule has 0 unspecified atom stereocenters. The molecular weight excluding hydrogens is 382 g/mol. The summed E-state index contributed by atoms with van der Waals surface area (Å²) in [5.74, 6) is 0. The van der Waals surface area contributed by atoms with Crippen LogP contribution in [-0.4, -0.2) is 4.57 Å². The Labute approximate surface area is 160 Å². The quantitative estimate of drug-likeness (QED) is 0.296. The van der Waals surface area contributed by atoms with E-state index in [1.807, 2.05) is 0 Å². The van der Waals surface area contributed by atoms with Gasteiger partial charge in [0.2, 0.25) is 0 Å². The van der Waals surface area contributed by atoms with Crippen molar-refractivity contribution in [2.45, 2.75) is 0 Å². The molecule has 0 saturated heterocycles. The maximum Gasteiger partial charge on any atom is 0.0552 e. The molecule has 0 bridgehead atoms.